The van der Waals surface area contributed by atoms with E-state index in [9.17, 15) is 4.79 Å². The van der Waals surface area contributed by atoms with Gasteiger partial charge in [0.2, 0.25) is 0 Å². The van der Waals surface area contributed by atoms with Crippen LogP contribution in [-0.4, -0.2) is 30.5 Å². The van der Waals surface area contributed by atoms with Crippen molar-refractivity contribution < 1.29 is 4.79 Å². The van der Waals surface area contributed by atoms with Crippen LogP contribution in [0.2, 0.25) is 0 Å². The van der Waals surface area contributed by atoms with Gasteiger partial charge in [0.15, 0.2) is 5.65 Å². The van der Waals surface area contributed by atoms with E-state index < -0.39 is 0 Å². The molecule has 1 N–H and O–H groups in total. The predicted molar refractivity (Wildman–Crippen MR) is 105 cm³/mol. The van der Waals surface area contributed by atoms with Crippen molar-refractivity contribution in [2.75, 3.05) is 5.32 Å². The van der Waals surface area contributed by atoms with Crippen molar-refractivity contribution in [2.45, 2.75) is 20.4 Å². The Hall–Kier alpha value is -3.48. The first-order chi connectivity index (χ1) is 13.1. The number of fused-ring (bicyclic) bond motifs is 1. The van der Waals surface area contributed by atoms with Gasteiger partial charge in [0.05, 0.1) is 40.4 Å². The van der Waals surface area contributed by atoms with Crippen LogP contribution in [-0.2, 0) is 13.6 Å². The highest BCUT2D eigenvalue weighted by molar-refractivity contribution is 6.12. The number of amides is 1. The van der Waals surface area contributed by atoms with E-state index in [1.807, 2.05) is 57.3 Å². The summed E-state index contributed by atoms with van der Waals surface area (Å²) in [6.07, 6.45) is 3.35. The molecule has 27 heavy (non-hydrogen) atoms. The molecule has 0 aliphatic carbocycles. The number of nitrogens with zero attached hydrogens (tertiary/aromatic N) is 5. The molecule has 3 heterocycles. The molecule has 136 valence electrons. The lowest BCUT2D eigenvalue weighted by Gasteiger charge is -2.09. The topological polar surface area (TPSA) is 77.6 Å². The Morgan fingerprint density at radius 3 is 2.59 bits per heavy atom. The van der Waals surface area contributed by atoms with Crippen molar-refractivity contribution in [3.05, 3.63) is 60.0 Å². The number of aromatic nitrogens is 5. The fourth-order valence-electron chi connectivity index (χ4n) is 3.03. The number of carbonyl (C=O) groups excluding carboxylic acids is 1. The van der Waals surface area contributed by atoms with Gasteiger partial charge in [-0.2, -0.15) is 10.2 Å². The van der Waals surface area contributed by atoms with E-state index >= 15 is 0 Å². The maximum atomic E-state index is 13.1. The van der Waals surface area contributed by atoms with E-state index in [2.05, 4.69) is 15.5 Å². The third-order valence-corrected chi connectivity index (χ3v) is 4.71. The van der Waals surface area contributed by atoms with Gasteiger partial charge in [0, 0.05) is 19.2 Å². The molecule has 0 saturated heterocycles. The van der Waals surface area contributed by atoms with Gasteiger partial charge in [-0.3, -0.25) is 9.48 Å². The summed E-state index contributed by atoms with van der Waals surface area (Å²) in [5.41, 5.74) is 4.52. The summed E-state index contributed by atoms with van der Waals surface area (Å²) >= 11 is 0. The lowest BCUT2D eigenvalue weighted by molar-refractivity contribution is 0.102. The van der Waals surface area contributed by atoms with Crippen molar-refractivity contribution in [1.82, 2.24) is 24.5 Å². The molecule has 0 bridgehead atoms. The van der Waals surface area contributed by atoms with Gasteiger partial charge < -0.3 is 5.32 Å². The quantitative estimate of drug-likeness (QED) is 0.605. The Morgan fingerprint density at radius 2 is 1.93 bits per heavy atom. The van der Waals surface area contributed by atoms with Crippen molar-refractivity contribution in [3.8, 4) is 11.3 Å². The molecule has 0 saturated carbocycles. The molecule has 0 unspecified atom stereocenters. The molecule has 0 atom stereocenters. The normalized spacial score (nSPS) is 11.1. The number of nitrogens with one attached hydrogen (secondary N) is 1. The van der Waals surface area contributed by atoms with Gasteiger partial charge >= 0.3 is 0 Å². The highest BCUT2D eigenvalue weighted by Gasteiger charge is 2.18. The Kier molecular flexibility index (Phi) is 4.19. The van der Waals surface area contributed by atoms with Crippen LogP contribution in [0.4, 0.5) is 5.69 Å². The smallest absolute Gasteiger partial charge is 0.256 e. The largest absolute Gasteiger partial charge is 0.319 e. The minimum Gasteiger partial charge on any atom is -0.319 e. The van der Waals surface area contributed by atoms with E-state index in [0.717, 1.165) is 22.3 Å². The second kappa shape index (κ2) is 6.68. The minimum atomic E-state index is -0.202. The molecule has 4 aromatic rings. The van der Waals surface area contributed by atoms with Crippen molar-refractivity contribution in [2.24, 2.45) is 7.05 Å². The molecule has 3 aromatic heterocycles. The maximum Gasteiger partial charge on any atom is 0.256 e. The first kappa shape index (κ1) is 17.0. The molecular weight excluding hydrogens is 340 g/mol. The van der Waals surface area contributed by atoms with Crippen LogP contribution in [0.3, 0.4) is 0 Å². The Bertz CT molecular complexity index is 1130. The SMILES string of the molecule is CCn1ncc2c(C(=O)Nc3cnn(C)c3C)cc(-c3ccccc3)nc21. The molecule has 0 radical (unpaired) electrons. The molecule has 0 fully saturated rings. The van der Waals surface area contributed by atoms with Crippen LogP contribution < -0.4 is 5.32 Å². The number of hydrogen-bond acceptors (Lipinski definition) is 4. The minimum absolute atomic E-state index is 0.202. The monoisotopic (exact) mass is 360 g/mol. The van der Waals surface area contributed by atoms with Crippen LogP contribution in [0.15, 0.2) is 48.8 Å². The number of hydrogen-bond donors (Lipinski definition) is 1. The molecule has 0 aliphatic heterocycles. The highest BCUT2D eigenvalue weighted by Crippen LogP contribution is 2.26. The fraction of sp³-hybridized carbons (Fsp3) is 0.200. The van der Waals surface area contributed by atoms with Crippen LogP contribution in [0, 0.1) is 6.92 Å². The molecule has 1 amide bonds. The van der Waals surface area contributed by atoms with Crippen LogP contribution >= 0.6 is 0 Å². The summed E-state index contributed by atoms with van der Waals surface area (Å²) in [4.78, 5) is 17.8. The van der Waals surface area contributed by atoms with Gasteiger partial charge in [-0.1, -0.05) is 30.3 Å². The van der Waals surface area contributed by atoms with E-state index in [0.29, 0.717) is 23.4 Å². The van der Waals surface area contributed by atoms with Crippen molar-refractivity contribution >= 4 is 22.6 Å². The highest BCUT2D eigenvalue weighted by atomic mass is 16.1. The predicted octanol–water partition coefficient (Wildman–Crippen LogP) is 3.41. The third-order valence-electron chi connectivity index (χ3n) is 4.71. The molecule has 7 nitrogen and oxygen atoms in total. The standard InChI is InChI=1S/C20H20N6O/c1-4-26-19-16(11-22-26)15(10-17(23-19)14-8-6-5-7-9-14)20(27)24-18-12-21-25(3)13(18)2/h5-12H,4H2,1-3H3,(H,24,27). The first-order valence-corrected chi connectivity index (χ1v) is 8.80. The molecule has 0 spiro atoms. The van der Waals surface area contributed by atoms with Gasteiger partial charge in [0.1, 0.15) is 0 Å². The second-order valence-electron chi connectivity index (χ2n) is 6.34. The number of pyridine rings is 1. The number of rotatable bonds is 4. The van der Waals surface area contributed by atoms with Crippen molar-refractivity contribution in [3.63, 3.8) is 0 Å². The van der Waals surface area contributed by atoms with Crippen molar-refractivity contribution in [1.29, 1.82) is 0 Å². The summed E-state index contributed by atoms with van der Waals surface area (Å²) in [6.45, 7) is 4.59. The Balaban J connectivity index is 1.84. The van der Waals surface area contributed by atoms with Gasteiger partial charge in [-0.25, -0.2) is 9.67 Å². The number of benzene rings is 1. The third kappa shape index (κ3) is 2.97. The van der Waals surface area contributed by atoms with E-state index in [-0.39, 0.29) is 5.91 Å². The Morgan fingerprint density at radius 1 is 1.15 bits per heavy atom. The van der Waals surface area contributed by atoms with E-state index in [1.54, 1.807) is 21.8 Å². The average molecular weight is 360 g/mol. The lowest BCUT2D eigenvalue weighted by Crippen LogP contribution is -2.13. The second-order valence-corrected chi connectivity index (χ2v) is 6.34. The van der Waals surface area contributed by atoms with Gasteiger partial charge in [0.25, 0.3) is 5.91 Å². The van der Waals surface area contributed by atoms with Gasteiger partial charge in [-0.15, -0.1) is 0 Å². The van der Waals surface area contributed by atoms with Crippen LogP contribution in [0.5, 0.6) is 0 Å². The van der Waals surface area contributed by atoms with Crippen LogP contribution in [0.25, 0.3) is 22.3 Å². The zero-order chi connectivity index (χ0) is 19.0. The number of carbonyl (C=O) groups is 1. The molecule has 0 aliphatic rings. The zero-order valence-corrected chi connectivity index (χ0v) is 15.5. The summed E-state index contributed by atoms with van der Waals surface area (Å²) in [5.74, 6) is -0.202. The number of aryl methyl sites for hydroxylation is 2. The average Bonchev–Trinajstić information content (AvgIpc) is 3.26. The summed E-state index contributed by atoms with van der Waals surface area (Å²) < 4.78 is 3.52. The van der Waals surface area contributed by atoms with Crippen LogP contribution in [0.1, 0.15) is 23.0 Å². The molecule has 4 rings (SSSR count). The molecule has 7 heteroatoms. The fourth-order valence-corrected chi connectivity index (χ4v) is 3.03. The van der Waals surface area contributed by atoms with Gasteiger partial charge in [-0.05, 0) is 19.9 Å². The van der Waals surface area contributed by atoms with E-state index in [4.69, 9.17) is 4.98 Å². The summed E-state index contributed by atoms with van der Waals surface area (Å²) in [6, 6.07) is 11.6. The molecular formula is C20H20N6O. The lowest BCUT2D eigenvalue weighted by atomic mass is 10.1. The summed E-state index contributed by atoms with van der Waals surface area (Å²) in [5, 5.41) is 12.2. The first-order valence-electron chi connectivity index (χ1n) is 8.80. The maximum absolute atomic E-state index is 13.1. The number of anilines is 1. The summed E-state index contributed by atoms with van der Waals surface area (Å²) in [7, 11) is 1.84. The van der Waals surface area contributed by atoms with E-state index in [1.165, 1.54) is 0 Å². The molecule has 1 aromatic carbocycles. The zero-order valence-electron chi connectivity index (χ0n) is 15.5. The Labute approximate surface area is 156 Å².